The molecule has 0 aliphatic heterocycles. The summed E-state index contributed by atoms with van der Waals surface area (Å²) < 4.78 is 34.4. The van der Waals surface area contributed by atoms with Gasteiger partial charge >= 0.3 is 0 Å². The molecule has 152 valence electrons. The maximum atomic E-state index is 9.08. The van der Waals surface area contributed by atoms with Gasteiger partial charge in [-0.1, -0.05) is 48.1 Å². The normalized spacial score (nSPS) is 9.70. The second-order valence-corrected chi connectivity index (χ2v) is 7.49. The Kier molecular flexibility index (Phi) is 8.65. The van der Waals surface area contributed by atoms with E-state index in [2.05, 4.69) is 23.7 Å². The van der Waals surface area contributed by atoms with Gasteiger partial charge in [0, 0.05) is 35.1 Å². The quantitative estimate of drug-likeness (QED) is 0.364. The minimum Gasteiger partial charge on any atom is -0.748 e. The minimum atomic E-state index is -3.92. The topological polar surface area (TPSA) is 70.3 Å². The molecule has 6 heteroatoms. The molecule has 3 rings (SSSR count). The number of rotatable bonds is 2. The molecule has 0 saturated carbocycles. The number of methoxy groups -OCH3 is 1. The van der Waals surface area contributed by atoms with Crippen LogP contribution in [0.25, 0.3) is 0 Å². The minimum absolute atomic E-state index is 0.604. The summed E-state index contributed by atoms with van der Waals surface area (Å²) in [6.45, 7) is 0.616. The van der Waals surface area contributed by atoms with Crippen molar-refractivity contribution in [2.24, 2.45) is 0 Å². The summed E-state index contributed by atoms with van der Waals surface area (Å²) in [4.78, 5) is 0. The van der Waals surface area contributed by atoms with Crippen molar-refractivity contribution in [3.05, 3.63) is 95.8 Å². The van der Waals surface area contributed by atoms with E-state index in [9.17, 15) is 0 Å². The highest BCUT2D eigenvalue weighted by molar-refractivity contribution is 7.84. The number of hydrogen-bond acceptors (Lipinski definition) is 4. The maximum Gasteiger partial charge on any atom is 0.209 e. The van der Waals surface area contributed by atoms with Gasteiger partial charge in [-0.05, 0) is 30.2 Å². The summed E-state index contributed by atoms with van der Waals surface area (Å²) in [5.74, 6) is 13.7. The van der Waals surface area contributed by atoms with E-state index >= 15 is 0 Å². The van der Waals surface area contributed by atoms with Crippen LogP contribution >= 0.6 is 0 Å². The van der Waals surface area contributed by atoms with Crippen molar-refractivity contribution in [1.82, 2.24) is 0 Å². The summed E-state index contributed by atoms with van der Waals surface area (Å²) in [6.07, 6.45) is 4.51. The standard InChI is InChI=1S/C23H18NO.CH4O3S/c1-25-23-15-18-24(19-16-23)17-7-12-21-10-5-6-11-22(21)14-13-20-8-3-2-4-9-20;1-5(2,3)4/h2-6,8-11,15-16,18-19H,17H2,1H3;1H3,(H,2,3,4)/q+1;/p-1. The van der Waals surface area contributed by atoms with Crippen LogP contribution in [0.2, 0.25) is 0 Å². The van der Waals surface area contributed by atoms with Crippen molar-refractivity contribution < 1.29 is 22.3 Å². The maximum absolute atomic E-state index is 9.08. The SMILES string of the molecule is COc1cc[n+](CC#Cc2ccccc2C#Cc2ccccc2)cc1.CS(=O)(=O)[O-]. The first-order valence-corrected chi connectivity index (χ1v) is 10.8. The Morgan fingerprint density at radius 3 is 1.97 bits per heavy atom. The van der Waals surface area contributed by atoms with E-state index in [1.54, 1.807) is 7.11 Å². The summed E-state index contributed by atoms with van der Waals surface area (Å²) in [7, 11) is -2.26. The molecule has 30 heavy (non-hydrogen) atoms. The number of aromatic nitrogens is 1. The monoisotopic (exact) mass is 419 g/mol. The zero-order valence-corrected chi connectivity index (χ0v) is 17.5. The lowest BCUT2D eigenvalue weighted by Gasteiger charge is -1.96. The fourth-order valence-electron chi connectivity index (χ4n) is 2.27. The van der Waals surface area contributed by atoms with Crippen molar-refractivity contribution in [2.45, 2.75) is 6.54 Å². The van der Waals surface area contributed by atoms with Crippen LogP contribution in [0.3, 0.4) is 0 Å². The molecule has 0 unspecified atom stereocenters. The van der Waals surface area contributed by atoms with Gasteiger partial charge in [-0.2, -0.15) is 4.57 Å². The van der Waals surface area contributed by atoms with Crippen LogP contribution in [0.5, 0.6) is 5.75 Å². The van der Waals surface area contributed by atoms with Gasteiger partial charge in [0.25, 0.3) is 0 Å². The third-order valence-electron chi connectivity index (χ3n) is 3.62. The number of benzene rings is 2. The molecule has 3 aromatic rings. The van der Waals surface area contributed by atoms with Crippen LogP contribution in [-0.2, 0) is 16.7 Å². The molecule has 0 amide bonds. The molecule has 0 aliphatic rings. The third kappa shape index (κ3) is 9.07. The smallest absolute Gasteiger partial charge is 0.209 e. The second kappa shape index (κ2) is 11.4. The lowest BCUT2D eigenvalue weighted by Crippen LogP contribution is -2.31. The van der Waals surface area contributed by atoms with Gasteiger partial charge < -0.3 is 9.29 Å². The lowest BCUT2D eigenvalue weighted by molar-refractivity contribution is -0.684. The molecule has 0 fully saturated rings. The van der Waals surface area contributed by atoms with E-state index in [0.717, 1.165) is 22.4 Å². The molecule has 0 bridgehead atoms. The second-order valence-electron chi connectivity index (χ2n) is 6.08. The first-order valence-electron chi connectivity index (χ1n) is 8.94. The molecule has 1 heterocycles. The average Bonchev–Trinajstić information content (AvgIpc) is 2.73. The van der Waals surface area contributed by atoms with E-state index in [4.69, 9.17) is 17.7 Å². The molecule has 0 aliphatic carbocycles. The first-order chi connectivity index (χ1) is 14.3. The fraction of sp³-hybridized carbons (Fsp3) is 0.125. The highest BCUT2D eigenvalue weighted by Crippen LogP contribution is 2.06. The lowest BCUT2D eigenvalue weighted by atomic mass is 10.1. The largest absolute Gasteiger partial charge is 0.748 e. The van der Waals surface area contributed by atoms with Crippen molar-refractivity contribution >= 4 is 10.1 Å². The zero-order chi connectivity index (χ0) is 21.8. The summed E-state index contributed by atoms with van der Waals surface area (Å²) in [5.41, 5.74) is 2.89. The van der Waals surface area contributed by atoms with E-state index < -0.39 is 10.1 Å². The van der Waals surface area contributed by atoms with Crippen molar-refractivity contribution in [2.75, 3.05) is 13.4 Å². The Bertz CT molecular complexity index is 1170. The zero-order valence-electron chi connectivity index (χ0n) is 16.7. The van der Waals surface area contributed by atoms with Gasteiger partial charge in [0.15, 0.2) is 12.4 Å². The van der Waals surface area contributed by atoms with Gasteiger partial charge in [0.05, 0.1) is 17.2 Å². The Balaban J connectivity index is 0.000000575. The van der Waals surface area contributed by atoms with Gasteiger partial charge in [-0.15, -0.1) is 0 Å². The first kappa shape index (κ1) is 22.7. The number of hydrogen-bond donors (Lipinski definition) is 0. The summed E-state index contributed by atoms with van der Waals surface area (Å²) >= 11 is 0. The van der Waals surface area contributed by atoms with Crippen LogP contribution in [0.15, 0.2) is 79.1 Å². The summed E-state index contributed by atoms with van der Waals surface area (Å²) in [5, 5.41) is 0. The van der Waals surface area contributed by atoms with Gasteiger partial charge in [-0.3, -0.25) is 0 Å². The Hall–Kier alpha value is -3.58. The molecule has 0 atom stereocenters. The molecule has 1 aromatic heterocycles. The Morgan fingerprint density at radius 1 is 0.867 bits per heavy atom. The van der Waals surface area contributed by atoms with Crippen LogP contribution in [0, 0.1) is 23.7 Å². The van der Waals surface area contributed by atoms with Crippen LogP contribution in [0.4, 0.5) is 0 Å². The molecule has 2 aromatic carbocycles. The van der Waals surface area contributed by atoms with Crippen molar-refractivity contribution in [3.8, 4) is 29.4 Å². The van der Waals surface area contributed by atoms with E-state index in [1.165, 1.54) is 0 Å². The number of nitrogens with zero attached hydrogens (tertiary/aromatic N) is 1. The highest BCUT2D eigenvalue weighted by atomic mass is 32.2. The number of pyridine rings is 1. The van der Waals surface area contributed by atoms with Crippen LogP contribution in [-0.4, -0.2) is 26.3 Å². The molecule has 0 radical (unpaired) electrons. The molecule has 0 N–H and O–H groups in total. The van der Waals surface area contributed by atoms with Crippen LogP contribution in [0.1, 0.15) is 16.7 Å². The third-order valence-corrected chi connectivity index (χ3v) is 3.62. The molecule has 0 saturated heterocycles. The summed E-state index contributed by atoms with van der Waals surface area (Å²) in [6, 6.07) is 21.8. The van der Waals surface area contributed by atoms with Gasteiger partial charge in [-0.25, -0.2) is 8.42 Å². The van der Waals surface area contributed by atoms with Crippen LogP contribution < -0.4 is 9.30 Å². The average molecular weight is 420 g/mol. The Labute approximate surface area is 177 Å². The molecular weight excluding hydrogens is 398 g/mol. The van der Waals surface area contributed by atoms with E-state index in [0.29, 0.717) is 12.8 Å². The molecular formula is C24H21NO4S. The van der Waals surface area contributed by atoms with Crippen molar-refractivity contribution in [1.29, 1.82) is 0 Å². The molecule has 5 nitrogen and oxygen atoms in total. The fourth-order valence-corrected chi connectivity index (χ4v) is 2.27. The van der Waals surface area contributed by atoms with Gasteiger partial charge in [0.1, 0.15) is 5.75 Å². The van der Waals surface area contributed by atoms with E-state index in [1.807, 2.05) is 83.7 Å². The highest BCUT2D eigenvalue weighted by Gasteiger charge is 1.99. The van der Waals surface area contributed by atoms with E-state index in [-0.39, 0.29) is 0 Å². The van der Waals surface area contributed by atoms with Gasteiger partial charge in [0.2, 0.25) is 6.54 Å². The Morgan fingerprint density at radius 2 is 1.40 bits per heavy atom. The predicted molar refractivity (Wildman–Crippen MR) is 115 cm³/mol. The molecule has 0 spiro atoms. The van der Waals surface area contributed by atoms with Crippen molar-refractivity contribution in [3.63, 3.8) is 0 Å². The predicted octanol–water partition coefficient (Wildman–Crippen LogP) is 2.60. The number of ether oxygens (including phenoxy) is 1.